The lowest BCUT2D eigenvalue weighted by molar-refractivity contribution is -0.137. The standard InChI is InChI=1S/C21H19F3N4O3/c1-13-5-6-18(31-13)16-12-17(26-25-16)20(30)28-9-7-27(8-10-28)19(29)14-3-2-4-15(11-14)21(22,23)24/h2-6,11-12H,7-10H2,1H3,(H,25,26). The molecule has 0 aliphatic carbocycles. The summed E-state index contributed by atoms with van der Waals surface area (Å²) in [6.07, 6.45) is -4.52. The first-order valence-electron chi connectivity index (χ1n) is 9.60. The Kier molecular flexibility index (Phi) is 5.30. The van der Waals surface area contributed by atoms with Crippen molar-refractivity contribution < 1.29 is 27.2 Å². The zero-order chi connectivity index (χ0) is 22.2. The normalized spacial score (nSPS) is 14.7. The van der Waals surface area contributed by atoms with Gasteiger partial charge in [0.15, 0.2) is 11.5 Å². The van der Waals surface area contributed by atoms with E-state index in [1.807, 2.05) is 6.92 Å². The summed E-state index contributed by atoms with van der Waals surface area (Å²) in [6, 6.07) is 9.52. The van der Waals surface area contributed by atoms with Gasteiger partial charge in [-0.3, -0.25) is 14.7 Å². The number of carbonyl (C=O) groups is 2. The van der Waals surface area contributed by atoms with Crippen molar-refractivity contribution in [3.8, 4) is 11.5 Å². The van der Waals surface area contributed by atoms with Crippen LogP contribution in [0.3, 0.4) is 0 Å². The highest BCUT2D eigenvalue weighted by molar-refractivity contribution is 5.95. The van der Waals surface area contributed by atoms with Crippen LogP contribution >= 0.6 is 0 Å². The van der Waals surface area contributed by atoms with Crippen molar-refractivity contribution in [3.05, 3.63) is 65.0 Å². The SMILES string of the molecule is Cc1ccc(-c2cc(C(=O)N3CCN(C(=O)c4cccc(C(F)(F)F)c4)CC3)n[nH]2)o1. The summed E-state index contributed by atoms with van der Waals surface area (Å²) >= 11 is 0. The van der Waals surface area contributed by atoms with Gasteiger partial charge in [0.05, 0.1) is 5.56 Å². The number of nitrogens with zero attached hydrogens (tertiary/aromatic N) is 3. The Hall–Kier alpha value is -3.56. The maximum absolute atomic E-state index is 12.9. The zero-order valence-corrected chi connectivity index (χ0v) is 16.6. The van der Waals surface area contributed by atoms with Crippen LogP contribution in [0.2, 0.25) is 0 Å². The van der Waals surface area contributed by atoms with Gasteiger partial charge in [0.1, 0.15) is 11.5 Å². The Labute approximate surface area is 175 Å². The first kappa shape index (κ1) is 20.7. The van der Waals surface area contributed by atoms with E-state index in [1.54, 1.807) is 23.1 Å². The molecule has 1 N–H and O–H groups in total. The molecule has 7 nitrogen and oxygen atoms in total. The lowest BCUT2D eigenvalue weighted by Crippen LogP contribution is -2.50. The number of nitrogens with one attached hydrogen (secondary N) is 1. The molecule has 1 aromatic carbocycles. The summed E-state index contributed by atoms with van der Waals surface area (Å²) in [5, 5.41) is 6.82. The second kappa shape index (κ2) is 7.93. The monoisotopic (exact) mass is 432 g/mol. The molecule has 162 valence electrons. The largest absolute Gasteiger partial charge is 0.460 e. The summed E-state index contributed by atoms with van der Waals surface area (Å²) in [5.41, 5.74) is -0.0925. The minimum atomic E-state index is -4.52. The molecule has 3 heterocycles. The van der Waals surface area contributed by atoms with Crippen molar-refractivity contribution in [2.75, 3.05) is 26.2 Å². The Morgan fingerprint density at radius 1 is 1.00 bits per heavy atom. The minimum Gasteiger partial charge on any atom is -0.460 e. The molecule has 0 bridgehead atoms. The van der Waals surface area contributed by atoms with Crippen LogP contribution in [0, 0.1) is 6.92 Å². The number of furan rings is 1. The van der Waals surface area contributed by atoms with Crippen molar-refractivity contribution >= 4 is 11.8 Å². The quantitative estimate of drug-likeness (QED) is 0.686. The van der Waals surface area contributed by atoms with Crippen LogP contribution in [-0.4, -0.2) is 58.0 Å². The number of alkyl halides is 3. The number of benzene rings is 1. The van der Waals surface area contributed by atoms with Crippen LogP contribution in [-0.2, 0) is 6.18 Å². The minimum absolute atomic E-state index is 0.0275. The Bertz CT molecular complexity index is 1110. The molecule has 4 rings (SSSR count). The van der Waals surface area contributed by atoms with E-state index in [1.165, 1.54) is 17.0 Å². The number of rotatable bonds is 3. The van der Waals surface area contributed by atoms with Gasteiger partial charge in [-0.2, -0.15) is 18.3 Å². The van der Waals surface area contributed by atoms with Crippen molar-refractivity contribution in [2.45, 2.75) is 13.1 Å². The highest BCUT2D eigenvalue weighted by atomic mass is 19.4. The number of H-pyrrole nitrogens is 1. The molecule has 1 fully saturated rings. The van der Waals surface area contributed by atoms with E-state index < -0.39 is 17.6 Å². The van der Waals surface area contributed by atoms with Gasteiger partial charge in [-0.05, 0) is 37.3 Å². The van der Waals surface area contributed by atoms with Crippen LogP contribution in [0.15, 0.2) is 46.9 Å². The predicted octanol–water partition coefficient (Wildman–Crippen LogP) is 3.60. The first-order valence-corrected chi connectivity index (χ1v) is 9.60. The average Bonchev–Trinajstić information content (AvgIpc) is 3.41. The topological polar surface area (TPSA) is 82.4 Å². The molecule has 2 amide bonds. The fourth-order valence-electron chi connectivity index (χ4n) is 3.42. The number of aryl methyl sites for hydroxylation is 1. The maximum atomic E-state index is 12.9. The number of aromatic nitrogens is 2. The fraction of sp³-hybridized carbons (Fsp3) is 0.286. The van der Waals surface area contributed by atoms with E-state index in [0.29, 0.717) is 11.5 Å². The second-order valence-electron chi connectivity index (χ2n) is 7.24. The molecule has 0 atom stereocenters. The number of aromatic amines is 1. The summed E-state index contributed by atoms with van der Waals surface area (Å²) in [5.74, 6) is 0.518. The fourth-order valence-corrected chi connectivity index (χ4v) is 3.42. The molecule has 31 heavy (non-hydrogen) atoms. The summed E-state index contributed by atoms with van der Waals surface area (Å²) in [6.45, 7) is 2.76. The molecule has 3 aromatic rings. The van der Waals surface area contributed by atoms with Gasteiger partial charge in [0.25, 0.3) is 11.8 Å². The number of amides is 2. The van der Waals surface area contributed by atoms with Crippen molar-refractivity contribution in [1.29, 1.82) is 0 Å². The molecule has 0 unspecified atom stereocenters. The van der Waals surface area contributed by atoms with Crippen LogP contribution in [0.25, 0.3) is 11.5 Å². The Morgan fingerprint density at radius 3 is 2.29 bits per heavy atom. The van der Waals surface area contributed by atoms with Gasteiger partial charge in [0.2, 0.25) is 0 Å². The number of piperazine rings is 1. The third kappa shape index (κ3) is 4.32. The van der Waals surface area contributed by atoms with E-state index in [0.717, 1.165) is 17.9 Å². The number of hydrogen-bond donors (Lipinski definition) is 1. The Morgan fingerprint density at radius 2 is 1.68 bits per heavy atom. The van der Waals surface area contributed by atoms with Crippen molar-refractivity contribution in [2.24, 2.45) is 0 Å². The molecule has 0 radical (unpaired) electrons. The van der Waals surface area contributed by atoms with E-state index in [-0.39, 0.29) is 43.3 Å². The van der Waals surface area contributed by atoms with E-state index in [4.69, 9.17) is 4.42 Å². The van der Waals surface area contributed by atoms with Crippen molar-refractivity contribution in [3.63, 3.8) is 0 Å². The van der Waals surface area contributed by atoms with E-state index >= 15 is 0 Å². The van der Waals surface area contributed by atoms with Gasteiger partial charge in [-0.15, -0.1) is 0 Å². The van der Waals surface area contributed by atoms with E-state index in [2.05, 4.69) is 10.2 Å². The van der Waals surface area contributed by atoms with E-state index in [9.17, 15) is 22.8 Å². The van der Waals surface area contributed by atoms with Gasteiger partial charge in [0, 0.05) is 37.8 Å². The summed E-state index contributed by atoms with van der Waals surface area (Å²) < 4.78 is 44.2. The third-order valence-electron chi connectivity index (χ3n) is 5.09. The predicted molar refractivity (Wildman–Crippen MR) is 104 cm³/mol. The van der Waals surface area contributed by atoms with Crippen LogP contribution in [0.1, 0.15) is 32.2 Å². The molecular weight excluding hydrogens is 413 g/mol. The Balaban J connectivity index is 1.39. The molecule has 1 aliphatic heterocycles. The molecule has 2 aromatic heterocycles. The van der Waals surface area contributed by atoms with Gasteiger partial charge in [-0.25, -0.2) is 0 Å². The van der Waals surface area contributed by atoms with Crippen LogP contribution in [0.5, 0.6) is 0 Å². The number of hydrogen-bond acceptors (Lipinski definition) is 4. The summed E-state index contributed by atoms with van der Waals surface area (Å²) in [7, 11) is 0. The number of carbonyl (C=O) groups excluding carboxylic acids is 2. The highest BCUT2D eigenvalue weighted by Crippen LogP contribution is 2.30. The van der Waals surface area contributed by atoms with Crippen LogP contribution in [0.4, 0.5) is 13.2 Å². The lowest BCUT2D eigenvalue weighted by atomic mass is 10.1. The second-order valence-corrected chi connectivity index (χ2v) is 7.24. The molecule has 10 heteroatoms. The highest BCUT2D eigenvalue weighted by Gasteiger charge is 2.32. The van der Waals surface area contributed by atoms with Gasteiger partial charge >= 0.3 is 6.18 Å². The van der Waals surface area contributed by atoms with Crippen LogP contribution < -0.4 is 0 Å². The van der Waals surface area contributed by atoms with Gasteiger partial charge < -0.3 is 14.2 Å². The molecule has 0 spiro atoms. The maximum Gasteiger partial charge on any atom is 0.416 e. The molecular formula is C21H19F3N4O3. The average molecular weight is 432 g/mol. The smallest absolute Gasteiger partial charge is 0.416 e. The van der Waals surface area contributed by atoms with Crippen molar-refractivity contribution in [1.82, 2.24) is 20.0 Å². The van der Waals surface area contributed by atoms with Gasteiger partial charge in [-0.1, -0.05) is 6.07 Å². The number of halogens is 3. The molecule has 0 saturated carbocycles. The molecule has 1 aliphatic rings. The lowest BCUT2D eigenvalue weighted by Gasteiger charge is -2.34. The zero-order valence-electron chi connectivity index (χ0n) is 16.6. The first-order chi connectivity index (χ1) is 14.7. The summed E-state index contributed by atoms with van der Waals surface area (Å²) in [4.78, 5) is 28.4. The third-order valence-corrected chi connectivity index (χ3v) is 5.09. The molecule has 1 saturated heterocycles.